The van der Waals surface area contributed by atoms with Crippen LogP contribution in [0.15, 0.2) is 18.2 Å². The summed E-state index contributed by atoms with van der Waals surface area (Å²) in [5.74, 6) is 0.680. The van der Waals surface area contributed by atoms with Gasteiger partial charge in [-0.2, -0.15) is 0 Å². The van der Waals surface area contributed by atoms with Crippen LogP contribution < -0.4 is 15.4 Å². The Bertz CT molecular complexity index is 456. The van der Waals surface area contributed by atoms with Crippen molar-refractivity contribution in [2.45, 2.75) is 39.3 Å². The van der Waals surface area contributed by atoms with Gasteiger partial charge in [-0.3, -0.25) is 4.79 Å². The second-order valence-electron chi connectivity index (χ2n) is 5.59. The van der Waals surface area contributed by atoms with Gasteiger partial charge >= 0.3 is 0 Å². The Morgan fingerprint density at radius 2 is 2.05 bits per heavy atom. The number of ether oxygens (including phenoxy) is 1. The first-order valence-electron chi connectivity index (χ1n) is 6.69. The van der Waals surface area contributed by atoms with E-state index in [2.05, 4.69) is 31.4 Å². The molecule has 1 amide bonds. The second-order valence-corrected chi connectivity index (χ2v) is 6.00. The van der Waals surface area contributed by atoms with E-state index in [1.54, 1.807) is 7.05 Å². The lowest BCUT2D eigenvalue weighted by Crippen LogP contribution is -2.35. The van der Waals surface area contributed by atoms with Crippen molar-refractivity contribution in [1.82, 2.24) is 10.6 Å². The van der Waals surface area contributed by atoms with Gasteiger partial charge in [-0.25, -0.2) is 0 Å². The third-order valence-electron chi connectivity index (χ3n) is 2.74. The Morgan fingerprint density at radius 3 is 2.65 bits per heavy atom. The maximum absolute atomic E-state index is 11.2. The van der Waals surface area contributed by atoms with Gasteiger partial charge in [0.25, 0.3) is 0 Å². The predicted molar refractivity (Wildman–Crippen MR) is 82.2 cm³/mol. The molecule has 1 rings (SSSR count). The van der Waals surface area contributed by atoms with Gasteiger partial charge in [0, 0.05) is 29.7 Å². The summed E-state index contributed by atoms with van der Waals surface area (Å²) in [5, 5.41) is 6.62. The normalized spacial score (nSPS) is 11.2. The van der Waals surface area contributed by atoms with E-state index in [-0.39, 0.29) is 11.4 Å². The van der Waals surface area contributed by atoms with E-state index in [4.69, 9.17) is 16.3 Å². The third-order valence-corrected chi connectivity index (χ3v) is 3.09. The van der Waals surface area contributed by atoms with Crippen molar-refractivity contribution in [1.29, 1.82) is 0 Å². The maximum atomic E-state index is 11.2. The number of rotatable bonds is 6. The Balaban J connectivity index is 2.70. The molecule has 0 aliphatic rings. The average molecular weight is 299 g/mol. The van der Waals surface area contributed by atoms with Crippen LogP contribution in [0.3, 0.4) is 0 Å². The number of carbonyl (C=O) groups is 1. The minimum Gasteiger partial charge on any atom is -0.493 e. The molecule has 0 radical (unpaired) electrons. The Labute approximate surface area is 125 Å². The van der Waals surface area contributed by atoms with Crippen molar-refractivity contribution in [2.75, 3.05) is 13.7 Å². The van der Waals surface area contributed by atoms with Crippen molar-refractivity contribution in [2.24, 2.45) is 0 Å². The molecule has 0 saturated heterocycles. The fraction of sp³-hybridized carbons (Fsp3) is 0.533. The first-order valence-corrected chi connectivity index (χ1v) is 7.07. The summed E-state index contributed by atoms with van der Waals surface area (Å²) in [6.07, 6.45) is 0.329. The van der Waals surface area contributed by atoms with Crippen LogP contribution in [0.5, 0.6) is 5.75 Å². The van der Waals surface area contributed by atoms with Crippen molar-refractivity contribution in [3.8, 4) is 5.75 Å². The zero-order chi connectivity index (χ0) is 15.2. The molecule has 0 aliphatic heterocycles. The standard InChI is InChI=1S/C15H23ClN2O2/c1-15(2,3)18-10-11-12(16)6-5-7-13(11)20-9-8-14(19)17-4/h5-7,18H,8-10H2,1-4H3,(H,17,19). The fourth-order valence-corrected chi connectivity index (χ4v) is 1.81. The Hall–Kier alpha value is -1.26. The number of carbonyl (C=O) groups excluding carboxylic acids is 1. The van der Waals surface area contributed by atoms with Gasteiger partial charge in [0.05, 0.1) is 13.0 Å². The predicted octanol–water partition coefficient (Wildman–Crippen LogP) is 2.74. The molecule has 0 saturated carbocycles. The molecule has 1 aromatic rings. The number of halogens is 1. The van der Waals surface area contributed by atoms with Gasteiger partial charge in [-0.05, 0) is 32.9 Å². The molecule has 0 spiro atoms. The van der Waals surface area contributed by atoms with Gasteiger partial charge in [0.1, 0.15) is 5.75 Å². The van der Waals surface area contributed by atoms with Crippen molar-refractivity contribution in [3.63, 3.8) is 0 Å². The minimum absolute atomic E-state index is 0.00145. The molecule has 0 heterocycles. The smallest absolute Gasteiger partial charge is 0.223 e. The van der Waals surface area contributed by atoms with Crippen LogP contribution in [-0.4, -0.2) is 25.1 Å². The van der Waals surface area contributed by atoms with Crippen molar-refractivity contribution >= 4 is 17.5 Å². The summed E-state index contributed by atoms with van der Waals surface area (Å²) in [5.41, 5.74) is 0.916. The SMILES string of the molecule is CNC(=O)CCOc1cccc(Cl)c1CNC(C)(C)C. The van der Waals surface area contributed by atoms with Gasteiger partial charge in [-0.1, -0.05) is 17.7 Å². The van der Waals surface area contributed by atoms with E-state index in [1.807, 2.05) is 18.2 Å². The molecule has 0 bridgehead atoms. The van der Waals surface area contributed by atoms with Crippen LogP contribution in [0.4, 0.5) is 0 Å². The molecule has 0 unspecified atom stereocenters. The van der Waals surface area contributed by atoms with Crippen LogP contribution in [0, 0.1) is 0 Å². The lowest BCUT2D eigenvalue weighted by atomic mass is 10.1. The van der Waals surface area contributed by atoms with E-state index in [1.165, 1.54) is 0 Å². The summed E-state index contributed by atoms with van der Waals surface area (Å²) in [4.78, 5) is 11.2. The summed E-state index contributed by atoms with van der Waals surface area (Å²) in [7, 11) is 1.61. The maximum Gasteiger partial charge on any atom is 0.223 e. The zero-order valence-corrected chi connectivity index (χ0v) is 13.3. The molecule has 112 valence electrons. The number of nitrogens with one attached hydrogen (secondary N) is 2. The van der Waals surface area contributed by atoms with E-state index < -0.39 is 0 Å². The third kappa shape index (κ3) is 5.80. The highest BCUT2D eigenvalue weighted by Gasteiger charge is 2.13. The molecule has 5 heteroatoms. The minimum atomic E-state index is -0.0404. The molecule has 0 atom stereocenters. The lowest BCUT2D eigenvalue weighted by molar-refractivity contribution is -0.121. The number of benzene rings is 1. The lowest BCUT2D eigenvalue weighted by Gasteiger charge is -2.22. The largest absolute Gasteiger partial charge is 0.493 e. The molecular weight excluding hydrogens is 276 g/mol. The Morgan fingerprint density at radius 1 is 1.35 bits per heavy atom. The summed E-state index contributed by atoms with van der Waals surface area (Å²) in [6.45, 7) is 7.24. The molecule has 20 heavy (non-hydrogen) atoms. The van der Waals surface area contributed by atoms with E-state index in [9.17, 15) is 4.79 Å². The van der Waals surface area contributed by atoms with Crippen molar-refractivity contribution < 1.29 is 9.53 Å². The van der Waals surface area contributed by atoms with E-state index in [0.717, 1.165) is 11.3 Å². The molecule has 4 nitrogen and oxygen atoms in total. The van der Waals surface area contributed by atoms with Crippen LogP contribution in [0.2, 0.25) is 5.02 Å². The average Bonchev–Trinajstić information content (AvgIpc) is 2.36. The van der Waals surface area contributed by atoms with Crippen LogP contribution in [0.1, 0.15) is 32.8 Å². The number of amides is 1. The fourth-order valence-electron chi connectivity index (χ4n) is 1.58. The Kier molecular flexibility index (Phi) is 6.30. The summed E-state index contributed by atoms with van der Waals surface area (Å²) < 4.78 is 5.67. The highest BCUT2D eigenvalue weighted by molar-refractivity contribution is 6.31. The summed E-state index contributed by atoms with van der Waals surface area (Å²) >= 11 is 6.23. The number of hydrogen-bond acceptors (Lipinski definition) is 3. The van der Waals surface area contributed by atoms with Gasteiger partial charge in [-0.15, -0.1) is 0 Å². The van der Waals surface area contributed by atoms with E-state index in [0.29, 0.717) is 24.6 Å². The summed E-state index contributed by atoms with van der Waals surface area (Å²) in [6, 6.07) is 5.56. The molecule has 2 N–H and O–H groups in total. The molecule has 0 fully saturated rings. The highest BCUT2D eigenvalue weighted by atomic mass is 35.5. The molecule has 1 aromatic carbocycles. The monoisotopic (exact) mass is 298 g/mol. The van der Waals surface area contributed by atoms with Gasteiger partial charge in [0.15, 0.2) is 0 Å². The topological polar surface area (TPSA) is 50.4 Å². The highest BCUT2D eigenvalue weighted by Crippen LogP contribution is 2.27. The van der Waals surface area contributed by atoms with Crippen LogP contribution in [-0.2, 0) is 11.3 Å². The van der Waals surface area contributed by atoms with Crippen molar-refractivity contribution in [3.05, 3.63) is 28.8 Å². The zero-order valence-electron chi connectivity index (χ0n) is 12.5. The quantitative estimate of drug-likeness (QED) is 0.849. The first kappa shape index (κ1) is 16.8. The van der Waals surface area contributed by atoms with E-state index >= 15 is 0 Å². The number of hydrogen-bond donors (Lipinski definition) is 2. The van der Waals surface area contributed by atoms with Crippen LogP contribution in [0.25, 0.3) is 0 Å². The van der Waals surface area contributed by atoms with Crippen LogP contribution >= 0.6 is 11.6 Å². The van der Waals surface area contributed by atoms with Gasteiger partial charge in [0.2, 0.25) is 5.91 Å². The first-order chi connectivity index (χ1) is 9.33. The molecule has 0 aromatic heterocycles. The van der Waals surface area contributed by atoms with Gasteiger partial charge < -0.3 is 15.4 Å². The second kappa shape index (κ2) is 7.50. The molecular formula is C15H23ClN2O2. The molecule has 0 aliphatic carbocycles.